The summed E-state index contributed by atoms with van der Waals surface area (Å²) in [5, 5.41) is 13.5. The van der Waals surface area contributed by atoms with E-state index in [2.05, 4.69) is 44.5 Å². The van der Waals surface area contributed by atoms with Gasteiger partial charge in [-0.25, -0.2) is 9.07 Å². The summed E-state index contributed by atoms with van der Waals surface area (Å²) in [6.45, 7) is 3.49. The van der Waals surface area contributed by atoms with Gasteiger partial charge in [0.2, 0.25) is 0 Å². The number of hydrogen-bond acceptors (Lipinski definition) is 6. The van der Waals surface area contributed by atoms with Crippen LogP contribution in [0.5, 0.6) is 5.75 Å². The van der Waals surface area contributed by atoms with Crippen LogP contribution in [0.2, 0.25) is 0 Å². The lowest BCUT2D eigenvalue weighted by Gasteiger charge is -2.30. The van der Waals surface area contributed by atoms with Crippen LogP contribution < -0.4 is 10.3 Å². The van der Waals surface area contributed by atoms with Gasteiger partial charge in [0.15, 0.2) is 5.82 Å². The molecule has 8 nitrogen and oxygen atoms in total. The molecule has 9 heteroatoms. The van der Waals surface area contributed by atoms with Crippen LogP contribution in [0.3, 0.4) is 0 Å². The lowest BCUT2D eigenvalue weighted by atomic mass is 10.1. The van der Waals surface area contributed by atoms with Crippen molar-refractivity contribution in [3.63, 3.8) is 0 Å². The number of H-pyrrole nitrogens is 1. The van der Waals surface area contributed by atoms with Crippen LogP contribution in [-0.4, -0.2) is 37.2 Å². The molecule has 5 aromatic rings. The SMILES string of the molecule is CC[C@H](c1nnnn1Cc1ccc(F)cc1)N(Cc1ccccc1)Cc1cc2ccc(OC)cc2[nH]c1=O. The molecule has 194 valence electrons. The molecule has 0 spiro atoms. The molecule has 0 unspecified atom stereocenters. The maximum atomic E-state index is 13.4. The second-order valence-corrected chi connectivity index (χ2v) is 9.21. The molecule has 1 atom stereocenters. The van der Waals surface area contributed by atoms with Crippen LogP contribution in [0.1, 0.15) is 41.9 Å². The molecule has 2 aromatic heterocycles. The first-order valence-electron chi connectivity index (χ1n) is 12.5. The number of methoxy groups -OCH3 is 1. The molecule has 0 saturated heterocycles. The van der Waals surface area contributed by atoms with E-state index in [9.17, 15) is 9.18 Å². The third kappa shape index (κ3) is 5.63. The predicted molar refractivity (Wildman–Crippen MR) is 143 cm³/mol. The van der Waals surface area contributed by atoms with E-state index in [4.69, 9.17) is 4.74 Å². The van der Waals surface area contributed by atoms with Gasteiger partial charge >= 0.3 is 0 Å². The fourth-order valence-corrected chi connectivity index (χ4v) is 4.71. The molecule has 1 N–H and O–H groups in total. The number of ether oxygens (including phenoxy) is 1. The Hall–Kier alpha value is -4.37. The summed E-state index contributed by atoms with van der Waals surface area (Å²) in [5.41, 5.74) is 3.23. The first-order valence-corrected chi connectivity index (χ1v) is 12.5. The molecule has 38 heavy (non-hydrogen) atoms. The molecule has 0 fully saturated rings. The molecular weight excluding hydrogens is 483 g/mol. The highest BCUT2D eigenvalue weighted by Gasteiger charge is 2.26. The van der Waals surface area contributed by atoms with Crippen molar-refractivity contribution in [3.05, 3.63) is 118 Å². The quantitative estimate of drug-likeness (QED) is 0.287. The summed E-state index contributed by atoms with van der Waals surface area (Å²) in [4.78, 5) is 18.4. The zero-order valence-corrected chi connectivity index (χ0v) is 21.3. The molecule has 0 saturated carbocycles. The largest absolute Gasteiger partial charge is 0.497 e. The highest BCUT2D eigenvalue weighted by atomic mass is 19.1. The second-order valence-electron chi connectivity index (χ2n) is 9.21. The van der Waals surface area contributed by atoms with E-state index in [0.717, 1.165) is 28.5 Å². The van der Waals surface area contributed by atoms with Crippen molar-refractivity contribution in [3.8, 4) is 5.75 Å². The Morgan fingerprint density at radius 3 is 2.53 bits per heavy atom. The first kappa shape index (κ1) is 25.3. The number of hydrogen-bond donors (Lipinski definition) is 1. The summed E-state index contributed by atoms with van der Waals surface area (Å²) < 4.78 is 20.5. The smallest absolute Gasteiger partial charge is 0.252 e. The Balaban J connectivity index is 1.50. The number of aromatic amines is 1. The summed E-state index contributed by atoms with van der Waals surface area (Å²) >= 11 is 0. The summed E-state index contributed by atoms with van der Waals surface area (Å²) in [7, 11) is 1.60. The fraction of sp³-hybridized carbons (Fsp3) is 0.241. The van der Waals surface area contributed by atoms with Gasteiger partial charge in [0, 0.05) is 24.7 Å². The maximum Gasteiger partial charge on any atom is 0.252 e. The van der Waals surface area contributed by atoms with Crippen molar-refractivity contribution in [1.29, 1.82) is 0 Å². The minimum atomic E-state index is -0.287. The lowest BCUT2D eigenvalue weighted by molar-refractivity contribution is 0.161. The maximum absolute atomic E-state index is 13.4. The third-order valence-electron chi connectivity index (χ3n) is 6.66. The van der Waals surface area contributed by atoms with Gasteiger partial charge in [-0.1, -0.05) is 49.4 Å². The van der Waals surface area contributed by atoms with Gasteiger partial charge in [-0.05, 0) is 63.7 Å². The van der Waals surface area contributed by atoms with Gasteiger partial charge in [-0.15, -0.1) is 5.10 Å². The number of aromatic nitrogens is 5. The van der Waals surface area contributed by atoms with Gasteiger partial charge in [0.05, 0.1) is 25.2 Å². The minimum absolute atomic E-state index is 0.149. The van der Waals surface area contributed by atoms with Crippen LogP contribution in [0.15, 0.2) is 83.7 Å². The van der Waals surface area contributed by atoms with Crippen LogP contribution >= 0.6 is 0 Å². The Kier molecular flexibility index (Phi) is 7.55. The average Bonchev–Trinajstić information content (AvgIpc) is 3.38. The van der Waals surface area contributed by atoms with Gasteiger partial charge in [0.25, 0.3) is 5.56 Å². The van der Waals surface area contributed by atoms with Gasteiger partial charge in [-0.2, -0.15) is 0 Å². The lowest BCUT2D eigenvalue weighted by Crippen LogP contribution is -2.32. The number of pyridine rings is 1. The molecule has 0 aliphatic rings. The molecule has 2 heterocycles. The standard InChI is InChI=1S/C29H29FN6O2/c1-3-27(28-32-33-34-36(28)18-21-9-12-24(30)13-10-21)35(17-20-7-5-4-6-8-20)19-23-15-22-11-14-25(38-2)16-26(22)31-29(23)37/h4-16,27H,3,17-19H2,1-2H3,(H,31,37)/t27-/m1/s1. The number of nitrogens with one attached hydrogen (secondary N) is 1. The number of rotatable bonds is 10. The average molecular weight is 513 g/mol. The molecule has 0 radical (unpaired) electrons. The Labute approximate surface area is 219 Å². The van der Waals surface area contributed by atoms with Crippen molar-refractivity contribution in [1.82, 2.24) is 30.1 Å². The van der Waals surface area contributed by atoms with Crippen molar-refractivity contribution >= 4 is 10.9 Å². The number of nitrogens with zero attached hydrogens (tertiary/aromatic N) is 5. The summed E-state index contributed by atoms with van der Waals surface area (Å²) in [6, 6.07) is 23.8. The Morgan fingerprint density at radius 2 is 1.79 bits per heavy atom. The monoisotopic (exact) mass is 512 g/mol. The van der Waals surface area contributed by atoms with Crippen LogP contribution in [0.4, 0.5) is 4.39 Å². The molecule has 0 aliphatic heterocycles. The Morgan fingerprint density at radius 1 is 1.00 bits per heavy atom. The predicted octanol–water partition coefficient (Wildman–Crippen LogP) is 4.86. The van der Waals surface area contributed by atoms with E-state index < -0.39 is 0 Å². The number of benzene rings is 3. The van der Waals surface area contributed by atoms with E-state index in [0.29, 0.717) is 36.8 Å². The van der Waals surface area contributed by atoms with Gasteiger partial charge < -0.3 is 9.72 Å². The Bertz CT molecular complexity index is 1570. The molecule has 0 amide bonds. The summed E-state index contributed by atoms with van der Waals surface area (Å²) in [5.74, 6) is 1.09. The van der Waals surface area contributed by atoms with Crippen molar-refractivity contribution in [2.45, 2.75) is 39.0 Å². The fourth-order valence-electron chi connectivity index (χ4n) is 4.71. The van der Waals surface area contributed by atoms with E-state index in [1.165, 1.54) is 12.1 Å². The molecular formula is C29H29FN6O2. The number of halogens is 1. The zero-order valence-electron chi connectivity index (χ0n) is 21.3. The number of tetrazole rings is 1. The highest BCUT2D eigenvalue weighted by molar-refractivity contribution is 5.80. The van der Waals surface area contributed by atoms with Crippen molar-refractivity contribution in [2.24, 2.45) is 0 Å². The highest BCUT2D eigenvalue weighted by Crippen LogP contribution is 2.27. The molecule has 5 rings (SSSR count). The van der Waals surface area contributed by atoms with Crippen LogP contribution in [-0.2, 0) is 19.6 Å². The molecule has 3 aromatic carbocycles. The van der Waals surface area contributed by atoms with Gasteiger partial charge in [0.1, 0.15) is 11.6 Å². The van der Waals surface area contributed by atoms with E-state index in [1.807, 2.05) is 42.5 Å². The second kappa shape index (κ2) is 11.4. The van der Waals surface area contributed by atoms with Crippen LogP contribution in [0.25, 0.3) is 10.9 Å². The molecule has 0 aliphatic carbocycles. The van der Waals surface area contributed by atoms with Crippen LogP contribution in [0, 0.1) is 5.82 Å². The van der Waals surface area contributed by atoms with E-state index in [-0.39, 0.29) is 17.4 Å². The summed E-state index contributed by atoms with van der Waals surface area (Å²) in [6.07, 6.45) is 0.722. The zero-order chi connectivity index (χ0) is 26.5. The third-order valence-corrected chi connectivity index (χ3v) is 6.66. The van der Waals surface area contributed by atoms with Crippen molar-refractivity contribution < 1.29 is 9.13 Å². The number of fused-ring (bicyclic) bond motifs is 1. The minimum Gasteiger partial charge on any atom is -0.497 e. The van der Waals surface area contributed by atoms with E-state index >= 15 is 0 Å². The first-order chi connectivity index (χ1) is 18.5. The van der Waals surface area contributed by atoms with Crippen molar-refractivity contribution in [2.75, 3.05) is 7.11 Å². The van der Waals surface area contributed by atoms with Gasteiger partial charge in [-0.3, -0.25) is 9.69 Å². The van der Waals surface area contributed by atoms with E-state index in [1.54, 1.807) is 23.9 Å². The molecule has 0 bridgehead atoms. The normalized spacial score (nSPS) is 12.2. The topological polar surface area (TPSA) is 88.9 Å².